The molecule has 0 spiro atoms. The lowest BCUT2D eigenvalue weighted by Crippen LogP contribution is -2.13. The van der Waals surface area contributed by atoms with Crippen molar-refractivity contribution in [2.24, 2.45) is 0 Å². The van der Waals surface area contributed by atoms with E-state index in [0.717, 1.165) is 12.0 Å². The molecule has 0 aliphatic carbocycles. The fourth-order valence-corrected chi connectivity index (χ4v) is 2.67. The zero-order chi connectivity index (χ0) is 20.5. The molecule has 0 aliphatic rings. The lowest BCUT2D eigenvalue weighted by molar-refractivity contribution is -0.112. The predicted octanol–water partition coefficient (Wildman–Crippen LogP) is 3.99. The van der Waals surface area contributed by atoms with Crippen molar-refractivity contribution in [3.05, 3.63) is 95.3 Å². The van der Waals surface area contributed by atoms with Crippen LogP contribution in [-0.4, -0.2) is 20.9 Å². The summed E-state index contributed by atoms with van der Waals surface area (Å²) < 4.78 is 1.73. The number of amides is 1. The van der Waals surface area contributed by atoms with Gasteiger partial charge in [0, 0.05) is 5.69 Å². The number of rotatable bonds is 7. The molecule has 29 heavy (non-hydrogen) atoms. The van der Waals surface area contributed by atoms with Gasteiger partial charge in [0.25, 0.3) is 5.91 Å². The molecule has 0 fully saturated rings. The van der Waals surface area contributed by atoms with Gasteiger partial charge in [-0.15, -0.1) is 5.10 Å². The molecular formula is C23H21N5O. The first-order valence-corrected chi connectivity index (χ1v) is 9.30. The Morgan fingerprint density at radius 3 is 2.59 bits per heavy atom. The number of aryl methyl sites for hydroxylation is 1. The second-order valence-electron chi connectivity index (χ2n) is 6.38. The summed E-state index contributed by atoms with van der Waals surface area (Å²) >= 11 is 0. The van der Waals surface area contributed by atoms with E-state index in [0.29, 0.717) is 17.9 Å². The molecule has 1 aromatic heterocycles. The second-order valence-corrected chi connectivity index (χ2v) is 6.38. The van der Waals surface area contributed by atoms with Crippen molar-refractivity contribution in [1.29, 1.82) is 5.26 Å². The molecule has 2 aromatic carbocycles. The Labute approximate surface area is 169 Å². The summed E-state index contributed by atoms with van der Waals surface area (Å²) in [5.74, 6) is -0.450. The third-order valence-electron chi connectivity index (χ3n) is 4.26. The molecule has 6 heteroatoms. The van der Waals surface area contributed by atoms with Crippen LogP contribution in [0.2, 0.25) is 0 Å². The molecular weight excluding hydrogens is 362 g/mol. The summed E-state index contributed by atoms with van der Waals surface area (Å²) in [7, 11) is 0. The molecule has 1 N–H and O–H groups in total. The number of hydrogen-bond acceptors (Lipinski definition) is 4. The van der Waals surface area contributed by atoms with E-state index in [2.05, 4.69) is 22.6 Å². The molecule has 0 radical (unpaired) electrons. The van der Waals surface area contributed by atoms with E-state index in [9.17, 15) is 10.1 Å². The van der Waals surface area contributed by atoms with Gasteiger partial charge in [-0.05, 0) is 41.8 Å². The number of benzene rings is 2. The highest BCUT2D eigenvalue weighted by Gasteiger charge is 2.08. The maximum Gasteiger partial charge on any atom is 0.266 e. The van der Waals surface area contributed by atoms with Crippen LogP contribution in [0.4, 0.5) is 5.69 Å². The molecule has 6 nitrogen and oxygen atoms in total. The molecule has 3 rings (SSSR count). The first-order chi connectivity index (χ1) is 14.2. The molecule has 0 atom stereocenters. The highest BCUT2D eigenvalue weighted by molar-refractivity contribution is 6.06. The number of nitrogens with zero attached hydrogens (tertiary/aromatic N) is 4. The zero-order valence-corrected chi connectivity index (χ0v) is 16.1. The quantitative estimate of drug-likeness (QED) is 0.380. The SMILES string of the molecule is CCc1ccc(NC(=O)/C(C#N)=C/C=C/c2cn(Cc3ccccc3)nn2)cc1. The van der Waals surface area contributed by atoms with Crippen molar-refractivity contribution in [3.63, 3.8) is 0 Å². The van der Waals surface area contributed by atoms with E-state index in [1.807, 2.05) is 60.7 Å². The van der Waals surface area contributed by atoms with Crippen LogP contribution in [0.15, 0.2) is 78.5 Å². The maximum atomic E-state index is 12.3. The molecule has 144 valence electrons. The van der Waals surface area contributed by atoms with E-state index in [-0.39, 0.29) is 5.57 Å². The van der Waals surface area contributed by atoms with Crippen LogP contribution in [0.5, 0.6) is 0 Å². The summed E-state index contributed by atoms with van der Waals surface area (Å²) in [5.41, 5.74) is 3.62. The molecule has 0 bridgehead atoms. The predicted molar refractivity (Wildman–Crippen MR) is 113 cm³/mol. The molecule has 0 saturated heterocycles. The Balaban J connectivity index is 1.61. The second kappa shape index (κ2) is 9.81. The molecule has 1 heterocycles. The maximum absolute atomic E-state index is 12.3. The van der Waals surface area contributed by atoms with Gasteiger partial charge in [0.05, 0.1) is 12.7 Å². The van der Waals surface area contributed by atoms with Crippen LogP contribution in [0.25, 0.3) is 6.08 Å². The van der Waals surface area contributed by atoms with E-state index < -0.39 is 5.91 Å². The Hall–Kier alpha value is -3.98. The Bertz CT molecular complexity index is 1060. The Morgan fingerprint density at radius 1 is 1.14 bits per heavy atom. The molecule has 0 unspecified atom stereocenters. The van der Waals surface area contributed by atoms with Gasteiger partial charge in [-0.3, -0.25) is 4.79 Å². The molecule has 1 amide bonds. The van der Waals surface area contributed by atoms with Gasteiger partial charge in [-0.2, -0.15) is 5.26 Å². The topological polar surface area (TPSA) is 83.6 Å². The minimum atomic E-state index is -0.450. The third-order valence-corrected chi connectivity index (χ3v) is 4.26. The minimum absolute atomic E-state index is 0.0116. The first kappa shape index (κ1) is 19.8. The largest absolute Gasteiger partial charge is 0.321 e. The third kappa shape index (κ3) is 5.75. The van der Waals surface area contributed by atoms with E-state index >= 15 is 0 Å². The summed E-state index contributed by atoms with van der Waals surface area (Å²) in [4.78, 5) is 12.3. The molecule has 3 aromatic rings. The van der Waals surface area contributed by atoms with Crippen molar-refractivity contribution < 1.29 is 4.79 Å². The van der Waals surface area contributed by atoms with Crippen molar-refractivity contribution in [3.8, 4) is 6.07 Å². The van der Waals surface area contributed by atoms with Crippen molar-refractivity contribution in [1.82, 2.24) is 15.0 Å². The van der Waals surface area contributed by atoms with Gasteiger partial charge in [-0.25, -0.2) is 4.68 Å². The fraction of sp³-hybridized carbons (Fsp3) is 0.130. The number of nitriles is 1. The average molecular weight is 383 g/mol. The van der Waals surface area contributed by atoms with Gasteiger partial charge in [-0.1, -0.05) is 60.7 Å². The fourth-order valence-electron chi connectivity index (χ4n) is 2.67. The first-order valence-electron chi connectivity index (χ1n) is 9.30. The van der Waals surface area contributed by atoms with Crippen molar-refractivity contribution in [2.45, 2.75) is 19.9 Å². The summed E-state index contributed by atoms with van der Waals surface area (Å²) in [6, 6.07) is 19.4. The number of hydrogen-bond donors (Lipinski definition) is 1. The van der Waals surface area contributed by atoms with E-state index in [1.54, 1.807) is 23.0 Å². The zero-order valence-electron chi connectivity index (χ0n) is 16.1. The standard InChI is InChI=1S/C23H21N5O/c1-2-18-11-13-21(14-12-18)25-23(29)20(15-24)9-6-10-22-17-28(27-26-22)16-19-7-4-3-5-8-19/h3-14,17H,2,16H2,1H3,(H,25,29)/b10-6+,20-9+. The van der Waals surface area contributed by atoms with Crippen LogP contribution in [0.1, 0.15) is 23.7 Å². The lowest BCUT2D eigenvalue weighted by atomic mass is 10.1. The summed E-state index contributed by atoms with van der Waals surface area (Å²) in [5, 5.41) is 20.2. The van der Waals surface area contributed by atoms with Gasteiger partial charge in [0.1, 0.15) is 17.3 Å². The summed E-state index contributed by atoms with van der Waals surface area (Å²) in [6.45, 7) is 2.69. The van der Waals surface area contributed by atoms with E-state index in [4.69, 9.17) is 0 Å². The van der Waals surface area contributed by atoms with Gasteiger partial charge in [0.15, 0.2) is 0 Å². The summed E-state index contributed by atoms with van der Waals surface area (Å²) in [6.07, 6.45) is 7.52. The Kier molecular flexibility index (Phi) is 6.69. The van der Waals surface area contributed by atoms with Crippen molar-refractivity contribution in [2.75, 3.05) is 5.32 Å². The highest BCUT2D eigenvalue weighted by Crippen LogP contribution is 2.11. The Morgan fingerprint density at radius 2 is 1.90 bits per heavy atom. The molecule has 0 saturated carbocycles. The minimum Gasteiger partial charge on any atom is -0.321 e. The number of carbonyl (C=O) groups is 1. The number of nitrogens with one attached hydrogen (secondary N) is 1. The lowest BCUT2D eigenvalue weighted by Gasteiger charge is -2.04. The van der Waals surface area contributed by atoms with Crippen LogP contribution in [0, 0.1) is 11.3 Å². The smallest absolute Gasteiger partial charge is 0.266 e. The number of allylic oxidation sites excluding steroid dienone is 2. The van der Waals surface area contributed by atoms with Gasteiger partial charge in [0.2, 0.25) is 0 Å². The number of carbonyl (C=O) groups excluding carboxylic acids is 1. The van der Waals surface area contributed by atoms with Crippen LogP contribution < -0.4 is 5.32 Å². The number of anilines is 1. The van der Waals surface area contributed by atoms with Crippen molar-refractivity contribution >= 4 is 17.7 Å². The molecule has 0 aliphatic heterocycles. The average Bonchev–Trinajstić information content (AvgIpc) is 3.19. The monoisotopic (exact) mass is 383 g/mol. The van der Waals surface area contributed by atoms with Crippen LogP contribution in [-0.2, 0) is 17.8 Å². The van der Waals surface area contributed by atoms with Gasteiger partial charge >= 0.3 is 0 Å². The van der Waals surface area contributed by atoms with Gasteiger partial charge < -0.3 is 5.32 Å². The van der Waals surface area contributed by atoms with E-state index in [1.165, 1.54) is 11.6 Å². The van der Waals surface area contributed by atoms with Crippen LogP contribution >= 0.6 is 0 Å². The number of aromatic nitrogens is 3. The van der Waals surface area contributed by atoms with Crippen LogP contribution in [0.3, 0.4) is 0 Å². The normalized spacial score (nSPS) is 11.4. The highest BCUT2D eigenvalue weighted by atomic mass is 16.1.